The van der Waals surface area contributed by atoms with Gasteiger partial charge in [-0.3, -0.25) is 19.3 Å². The van der Waals surface area contributed by atoms with Crippen molar-refractivity contribution in [2.45, 2.75) is 19.0 Å². The molecule has 0 fully saturated rings. The molecule has 2 aromatic carbocycles. The summed E-state index contributed by atoms with van der Waals surface area (Å²) in [4.78, 5) is 30.1. The van der Waals surface area contributed by atoms with Gasteiger partial charge in [0, 0.05) is 5.56 Å². The average Bonchev–Trinajstić information content (AvgIpc) is 3.18. The standard InChI is InChI=1S/C21H18N4O2S/c1-13-8-9-16(10-14(13)2)25-20(27)17-11-22-24-19(17)23-21(25)28-12-18(26)15-6-4-3-5-7-15/h3-11H,12H2,1-2H3,(H,22,24). The molecule has 0 spiro atoms. The van der Waals surface area contributed by atoms with E-state index in [4.69, 9.17) is 0 Å². The highest BCUT2D eigenvalue weighted by Crippen LogP contribution is 2.23. The number of benzene rings is 2. The molecule has 1 N–H and O–H groups in total. The Morgan fingerprint density at radius 1 is 1.11 bits per heavy atom. The van der Waals surface area contributed by atoms with Crippen molar-refractivity contribution in [3.05, 3.63) is 81.8 Å². The van der Waals surface area contributed by atoms with Crippen molar-refractivity contribution in [1.29, 1.82) is 0 Å². The van der Waals surface area contributed by atoms with Crippen LogP contribution in [0.5, 0.6) is 0 Å². The number of rotatable bonds is 5. The molecule has 0 aliphatic heterocycles. The molecule has 0 bridgehead atoms. The zero-order chi connectivity index (χ0) is 19.7. The molecule has 0 radical (unpaired) electrons. The highest BCUT2D eigenvalue weighted by Gasteiger charge is 2.16. The minimum absolute atomic E-state index is 0.0174. The van der Waals surface area contributed by atoms with Crippen LogP contribution in [-0.4, -0.2) is 31.3 Å². The average molecular weight is 390 g/mol. The number of hydrogen-bond acceptors (Lipinski definition) is 5. The number of aromatic amines is 1. The van der Waals surface area contributed by atoms with Gasteiger partial charge in [0.25, 0.3) is 5.56 Å². The molecule has 0 unspecified atom stereocenters. The Morgan fingerprint density at radius 3 is 2.64 bits per heavy atom. The molecule has 4 aromatic rings. The van der Waals surface area contributed by atoms with Crippen molar-refractivity contribution in [2.75, 3.05) is 5.75 Å². The molecule has 0 aliphatic carbocycles. The quantitative estimate of drug-likeness (QED) is 0.319. The van der Waals surface area contributed by atoms with E-state index in [0.29, 0.717) is 21.8 Å². The maximum absolute atomic E-state index is 13.1. The topological polar surface area (TPSA) is 80.6 Å². The molecule has 6 nitrogen and oxygen atoms in total. The summed E-state index contributed by atoms with van der Waals surface area (Å²) in [5.74, 6) is 0.164. The Bertz CT molecular complexity index is 1230. The van der Waals surface area contributed by atoms with Gasteiger partial charge in [0.2, 0.25) is 0 Å². The van der Waals surface area contributed by atoms with Crippen LogP contribution in [0.4, 0.5) is 0 Å². The second-order valence-corrected chi connectivity index (χ2v) is 7.46. The van der Waals surface area contributed by atoms with E-state index >= 15 is 0 Å². The SMILES string of the molecule is Cc1ccc(-n2c(SCC(=O)c3ccccc3)nc3[nH]ncc3c2=O)cc1C. The maximum Gasteiger partial charge on any atom is 0.269 e. The van der Waals surface area contributed by atoms with Crippen LogP contribution >= 0.6 is 11.8 Å². The van der Waals surface area contributed by atoms with Crippen molar-refractivity contribution < 1.29 is 4.79 Å². The second kappa shape index (κ2) is 7.44. The normalized spacial score (nSPS) is 11.1. The van der Waals surface area contributed by atoms with Crippen LogP contribution in [0.3, 0.4) is 0 Å². The lowest BCUT2D eigenvalue weighted by Crippen LogP contribution is -2.22. The third-order valence-electron chi connectivity index (χ3n) is 4.63. The molecule has 2 aromatic heterocycles. The van der Waals surface area contributed by atoms with E-state index in [1.54, 1.807) is 16.7 Å². The second-order valence-electron chi connectivity index (χ2n) is 6.51. The fourth-order valence-electron chi connectivity index (χ4n) is 2.90. The molecular formula is C21H18N4O2S. The van der Waals surface area contributed by atoms with Gasteiger partial charge in [-0.2, -0.15) is 5.10 Å². The Hall–Kier alpha value is -3.19. The number of aromatic nitrogens is 4. The van der Waals surface area contributed by atoms with Crippen molar-refractivity contribution in [3.63, 3.8) is 0 Å². The number of fused-ring (bicyclic) bond motifs is 1. The van der Waals surface area contributed by atoms with E-state index in [9.17, 15) is 9.59 Å². The molecule has 4 rings (SSSR count). The van der Waals surface area contributed by atoms with Gasteiger partial charge in [-0.25, -0.2) is 4.98 Å². The molecule has 0 aliphatic rings. The van der Waals surface area contributed by atoms with Crippen molar-refractivity contribution >= 4 is 28.6 Å². The predicted molar refractivity (Wildman–Crippen MR) is 110 cm³/mol. The summed E-state index contributed by atoms with van der Waals surface area (Å²) in [5, 5.41) is 7.55. The van der Waals surface area contributed by atoms with E-state index in [2.05, 4.69) is 15.2 Å². The van der Waals surface area contributed by atoms with Gasteiger partial charge in [-0.05, 0) is 37.1 Å². The van der Waals surface area contributed by atoms with E-state index < -0.39 is 0 Å². The number of ketones is 1. The first-order chi connectivity index (χ1) is 13.5. The third-order valence-corrected chi connectivity index (χ3v) is 5.57. The molecule has 28 heavy (non-hydrogen) atoms. The van der Waals surface area contributed by atoms with Crippen LogP contribution in [0.15, 0.2) is 64.7 Å². The highest BCUT2D eigenvalue weighted by atomic mass is 32.2. The van der Waals surface area contributed by atoms with Gasteiger partial charge in [-0.15, -0.1) is 0 Å². The fourth-order valence-corrected chi connectivity index (χ4v) is 3.80. The molecule has 140 valence electrons. The van der Waals surface area contributed by atoms with Gasteiger partial charge in [0.05, 0.1) is 17.6 Å². The first kappa shape index (κ1) is 18.2. The summed E-state index contributed by atoms with van der Waals surface area (Å²) < 4.78 is 1.55. The van der Waals surface area contributed by atoms with Crippen LogP contribution in [0.25, 0.3) is 16.7 Å². The van der Waals surface area contributed by atoms with Crippen LogP contribution in [0.2, 0.25) is 0 Å². The largest absolute Gasteiger partial charge is 0.293 e. The summed E-state index contributed by atoms with van der Waals surface area (Å²) in [6, 6.07) is 14.9. The zero-order valence-corrected chi connectivity index (χ0v) is 16.3. The molecular weight excluding hydrogens is 372 g/mol. The highest BCUT2D eigenvalue weighted by molar-refractivity contribution is 7.99. The summed E-state index contributed by atoms with van der Waals surface area (Å²) in [7, 11) is 0. The monoisotopic (exact) mass is 390 g/mol. The van der Waals surface area contributed by atoms with Gasteiger partial charge < -0.3 is 0 Å². The Labute approximate surface area is 165 Å². The minimum atomic E-state index is -0.211. The number of H-pyrrole nitrogens is 1. The molecule has 0 saturated heterocycles. The van der Waals surface area contributed by atoms with E-state index in [1.807, 2.05) is 50.2 Å². The lowest BCUT2D eigenvalue weighted by atomic mass is 10.1. The van der Waals surface area contributed by atoms with Crippen LogP contribution < -0.4 is 5.56 Å². The van der Waals surface area contributed by atoms with Gasteiger partial charge in [0.15, 0.2) is 16.6 Å². The third kappa shape index (κ3) is 3.36. The van der Waals surface area contributed by atoms with Gasteiger partial charge in [0.1, 0.15) is 5.39 Å². The summed E-state index contributed by atoms with van der Waals surface area (Å²) >= 11 is 1.24. The number of carbonyl (C=O) groups is 1. The fraction of sp³-hybridized carbons (Fsp3) is 0.143. The molecule has 0 atom stereocenters. The van der Waals surface area contributed by atoms with Crippen LogP contribution in [0.1, 0.15) is 21.5 Å². The smallest absolute Gasteiger partial charge is 0.269 e. The van der Waals surface area contributed by atoms with Gasteiger partial charge >= 0.3 is 0 Å². The number of nitrogens with zero attached hydrogens (tertiary/aromatic N) is 3. The number of nitrogens with one attached hydrogen (secondary N) is 1. The minimum Gasteiger partial charge on any atom is -0.293 e. The maximum atomic E-state index is 13.1. The molecule has 7 heteroatoms. The number of aryl methyl sites for hydroxylation is 2. The van der Waals surface area contributed by atoms with E-state index in [1.165, 1.54) is 18.0 Å². The number of carbonyl (C=O) groups excluding carboxylic acids is 1. The van der Waals surface area contributed by atoms with Gasteiger partial charge in [-0.1, -0.05) is 48.2 Å². The number of Topliss-reactive ketones (excluding diaryl/α,β-unsaturated/α-hetero) is 1. The van der Waals surface area contributed by atoms with Crippen molar-refractivity contribution in [3.8, 4) is 5.69 Å². The Kier molecular flexibility index (Phi) is 4.83. The number of hydrogen-bond donors (Lipinski definition) is 1. The van der Waals surface area contributed by atoms with Crippen molar-refractivity contribution in [1.82, 2.24) is 19.7 Å². The lowest BCUT2D eigenvalue weighted by molar-refractivity contribution is 0.102. The predicted octanol–water partition coefficient (Wildman–Crippen LogP) is 3.70. The zero-order valence-electron chi connectivity index (χ0n) is 15.5. The Morgan fingerprint density at radius 2 is 1.89 bits per heavy atom. The van der Waals surface area contributed by atoms with Crippen molar-refractivity contribution in [2.24, 2.45) is 0 Å². The van der Waals surface area contributed by atoms with E-state index in [-0.39, 0.29) is 17.1 Å². The lowest BCUT2D eigenvalue weighted by Gasteiger charge is -2.13. The summed E-state index contributed by atoms with van der Waals surface area (Å²) in [5.41, 5.74) is 3.78. The molecule has 0 saturated carbocycles. The molecule has 0 amide bonds. The summed E-state index contributed by atoms with van der Waals surface area (Å²) in [6.45, 7) is 4.02. The first-order valence-electron chi connectivity index (χ1n) is 8.79. The Balaban J connectivity index is 1.77. The number of thioether (sulfide) groups is 1. The van der Waals surface area contributed by atoms with Crippen LogP contribution in [0, 0.1) is 13.8 Å². The first-order valence-corrected chi connectivity index (χ1v) is 9.78. The van der Waals surface area contributed by atoms with E-state index in [0.717, 1.165) is 16.8 Å². The summed E-state index contributed by atoms with van der Waals surface area (Å²) in [6.07, 6.45) is 1.48. The van der Waals surface area contributed by atoms with Crippen LogP contribution in [-0.2, 0) is 0 Å². The molecule has 2 heterocycles.